The van der Waals surface area contributed by atoms with Crippen LogP contribution < -0.4 is 5.32 Å². The number of halogens is 2. The number of carbonyl (C=O) groups is 1. The molecule has 28 heavy (non-hydrogen) atoms. The van der Waals surface area contributed by atoms with Gasteiger partial charge in [-0.15, -0.1) is 0 Å². The van der Waals surface area contributed by atoms with Crippen LogP contribution in [0.25, 0.3) is 11.0 Å². The van der Waals surface area contributed by atoms with Crippen molar-refractivity contribution in [1.29, 1.82) is 5.26 Å². The van der Waals surface area contributed by atoms with Gasteiger partial charge in [-0.3, -0.25) is 4.79 Å². The van der Waals surface area contributed by atoms with Crippen LogP contribution in [0.1, 0.15) is 38.6 Å². The first-order valence-electron chi connectivity index (χ1n) is 9.58. The van der Waals surface area contributed by atoms with E-state index in [0.29, 0.717) is 47.3 Å². The number of nitrogens with one attached hydrogen (secondary N) is 1. The summed E-state index contributed by atoms with van der Waals surface area (Å²) >= 11 is 0. The highest BCUT2D eigenvalue weighted by Gasteiger charge is 2.59. The van der Waals surface area contributed by atoms with Crippen molar-refractivity contribution >= 4 is 16.9 Å². The number of nitrogens with zero attached hydrogens (tertiary/aromatic N) is 3. The minimum absolute atomic E-state index is 0.0375. The number of allylic oxidation sites excluding steroid dienone is 1. The molecule has 0 bridgehead atoms. The third-order valence-corrected chi connectivity index (χ3v) is 6.33. The van der Waals surface area contributed by atoms with Gasteiger partial charge in [-0.2, -0.15) is 5.26 Å². The molecule has 1 heterocycles. The van der Waals surface area contributed by atoms with Crippen molar-refractivity contribution in [1.82, 2.24) is 14.9 Å². The summed E-state index contributed by atoms with van der Waals surface area (Å²) in [5.41, 5.74) is 1.65. The summed E-state index contributed by atoms with van der Waals surface area (Å²) in [5.74, 6) is -0.642. The summed E-state index contributed by atoms with van der Waals surface area (Å²) in [6, 6.07) is 4.58. The van der Waals surface area contributed by atoms with Crippen molar-refractivity contribution in [2.75, 3.05) is 0 Å². The maximum absolute atomic E-state index is 13.6. The second-order valence-electron chi connectivity index (χ2n) is 7.98. The van der Waals surface area contributed by atoms with Crippen molar-refractivity contribution in [2.24, 2.45) is 23.7 Å². The Morgan fingerprint density at radius 1 is 1.39 bits per heavy atom. The average molecular weight is 384 g/mol. The summed E-state index contributed by atoms with van der Waals surface area (Å²) in [5, 5.41) is 11.4. The fraction of sp³-hybridized carbons (Fsp3) is 0.476. The van der Waals surface area contributed by atoms with Crippen LogP contribution in [-0.4, -0.2) is 15.5 Å². The molecule has 0 spiro atoms. The van der Waals surface area contributed by atoms with Gasteiger partial charge < -0.3 is 9.88 Å². The second-order valence-corrected chi connectivity index (χ2v) is 7.98. The fourth-order valence-corrected chi connectivity index (χ4v) is 4.88. The van der Waals surface area contributed by atoms with Crippen LogP contribution in [0.2, 0.25) is 0 Å². The fourth-order valence-electron chi connectivity index (χ4n) is 4.88. The Bertz CT molecular complexity index is 980. The molecule has 0 aliphatic heterocycles. The lowest BCUT2D eigenvalue weighted by Gasteiger charge is -2.20. The standard InChI is InChI=1S/C21H22F2N4O/c1-11(4-3-5-24)26-21(28)12(2)20-14-6-13(7-15(14)20)27-10-25-18-8-16(22)17(23)9-19(18)27/h8-10,12-15,20H,1,3-4,6-7H2,2H3,(H,26,28)/t12?,13-,14-,15+,20+. The molecule has 2 aliphatic carbocycles. The number of carbonyl (C=O) groups excluding carboxylic acids is 1. The third-order valence-electron chi connectivity index (χ3n) is 6.33. The summed E-state index contributed by atoms with van der Waals surface area (Å²) in [6.07, 6.45) is 4.29. The van der Waals surface area contributed by atoms with Gasteiger partial charge in [-0.25, -0.2) is 13.8 Å². The molecule has 2 aromatic rings. The second kappa shape index (κ2) is 7.01. The molecule has 5 nitrogen and oxygen atoms in total. The first-order valence-corrected chi connectivity index (χ1v) is 9.58. The molecular formula is C21H22F2N4O. The Morgan fingerprint density at radius 2 is 2.07 bits per heavy atom. The van der Waals surface area contributed by atoms with E-state index in [2.05, 4.69) is 16.9 Å². The first-order chi connectivity index (χ1) is 13.4. The monoisotopic (exact) mass is 384 g/mol. The van der Waals surface area contributed by atoms with Crippen molar-refractivity contribution in [3.63, 3.8) is 0 Å². The molecule has 1 amide bonds. The van der Waals surface area contributed by atoms with Gasteiger partial charge in [0.25, 0.3) is 0 Å². The number of imidazole rings is 1. The smallest absolute Gasteiger partial charge is 0.227 e. The number of benzene rings is 1. The zero-order valence-corrected chi connectivity index (χ0v) is 15.7. The zero-order valence-electron chi connectivity index (χ0n) is 15.7. The van der Waals surface area contributed by atoms with Crippen LogP contribution in [0.15, 0.2) is 30.7 Å². The van der Waals surface area contributed by atoms with Crippen molar-refractivity contribution in [3.8, 4) is 6.07 Å². The van der Waals surface area contributed by atoms with E-state index in [-0.39, 0.29) is 17.9 Å². The molecule has 1 aromatic carbocycles. The highest BCUT2D eigenvalue weighted by atomic mass is 19.2. The van der Waals surface area contributed by atoms with Crippen LogP contribution in [0, 0.1) is 46.6 Å². The highest BCUT2D eigenvalue weighted by Crippen LogP contribution is 2.63. The summed E-state index contributed by atoms with van der Waals surface area (Å²) in [7, 11) is 0. The van der Waals surface area contributed by atoms with Gasteiger partial charge in [0.1, 0.15) is 0 Å². The van der Waals surface area contributed by atoms with Crippen LogP contribution in [0.3, 0.4) is 0 Å². The molecule has 5 atom stereocenters. The molecule has 2 saturated carbocycles. The van der Waals surface area contributed by atoms with E-state index in [1.807, 2.05) is 17.6 Å². The number of rotatable bonds is 6. The SMILES string of the molecule is C=C(CCC#N)NC(=O)C(C)[C@H]1[C@@H]2C[C@@H](n3cnc4cc(F)c(F)cc43)C[C@@H]21. The lowest BCUT2D eigenvalue weighted by Crippen LogP contribution is -2.30. The number of hydrogen-bond acceptors (Lipinski definition) is 3. The minimum atomic E-state index is -0.886. The Balaban J connectivity index is 1.38. The predicted molar refractivity (Wildman–Crippen MR) is 99.7 cm³/mol. The topological polar surface area (TPSA) is 70.7 Å². The maximum atomic E-state index is 13.6. The van der Waals surface area contributed by atoms with Gasteiger partial charge in [0.05, 0.1) is 23.4 Å². The van der Waals surface area contributed by atoms with E-state index in [0.717, 1.165) is 18.9 Å². The van der Waals surface area contributed by atoms with E-state index in [4.69, 9.17) is 5.26 Å². The Morgan fingerprint density at radius 3 is 2.75 bits per heavy atom. The van der Waals surface area contributed by atoms with Crippen molar-refractivity contribution in [3.05, 3.63) is 42.4 Å². The molecule has 1 unspecified atom stereocenters. The first kappa shape index (κ1) is 18.6. The lowest BCUT2D eigenvalue weighted by atomic mass is 9.96. The van der Waals surface area contributed by atoms with Gasteiger partial charge in [0.2, 0.25) is 5.91 Å². The lowest BCUT2D eigenvalue weighted by molar-refractivity contribution is -0.124. The van der Waals surface area contributed by atoms with Crippen molar-refractivity contribution < 1.29 is 13.6 Å². The Hall–Kier alpha value is -2.75. The predicted octanol–water partition coefficient (Wildman–Crippen LogP) is 4.08. The molecule has 0 radical (unpaired) electrons. The zero-order chi connectivity index (χ0) is 20.0. The quantitative estimate of drug-likeness (QED) is 0.816. The van der Waals surface area contributed by atoms with E-state index in [1.165, 1.54) is 6.07 Å². The largest absolute Gasteiger partial charge is 0.330 e. The van der Waals surface area contributed by atoms with Gasteiger partial charge in [-0.1, -0.05) is 13.5 Å². The average Bonchev–Trinajstić information content (AvgIpc) is 2.99. The van der Waals surface area contributed by atoms with Gasteiger partial charge >= 0.3 is 0 Å². The normalized spacial score (nSPS) is 26.5. The number of fused-ring (bicyclic) bond motifs is 2. The molecule has 0 saturated heterocycles. The van der Waals surface area contributed by atoms with Crippen LogP contribution >= 0.6 is 0 Å². The molecular weight excluding hydrogens is 362 g/mol. The van der Waals surface area contributed by atoms with E-state index in [9.17, 15) is 13.6 Å². The molecule has 2 aliphatic rings. The minimum Gasteiger partial charge on any atom is -0.330 e. The number of aromatic nitrogens is 2. The van der Waals surface area contributed by atoms with E-state index in [1.54, 1.807) is 6.33 Å². The summed E-state index contributed by atoms with van der Waals surface area (Å²) < 4.78 is 29.0. The third kappa shape index (κ3) is 3.17. The van der Waals surface area contributed by atoms with Gasteiger partial charge in [-0.05, 0) is 37.0 Å². The van der Waals surface area contributed by atoms with Crippen LogP contribution in [-0.2, 0) is 4.79 Å². The Labute approximate surface area is 162 Å². The number of amides is 1. The van der Waals surface area contributed by atoms with Crippen LogP contribution in [0.5, 0.6) is 0 Å². The van der Waals surface area contributed by atoms with E-state index < -0.39 is 11.6 Å². The molecule has 146 valence electrons. The van der Waals surface area contributed by atoms with Crippen molar-refractivity contribution in [2.45, 2.75) is 38.6 Å². The van der Waals surface area contributed by atoms with Gasteiger partial charge in [0, 0.05) is 36.2 Å². The summed E-state index contributed by atoms with van der Waals surface area (Å²) in [6.45, 7) is 5.74. The Kier molecular flexibility index (Phi) is 4.66. The molecule has 2 fully saturated rings. The molecule has 1 aromatic heterocycles. The van der Waals surface area contributed by atoms with E-state index >= 15 is 0 Å². The maximum Gasteiger partial charge on any atom is 0.227 e. The van der Waals surface area contributed by atoms with Gasteiger partial charge in [0.15, 0.2) is 11.6 Å². The number of hydrogen-bond donors (Lipinski definition) is 1. The highest BCUT2D eigenvalue weighted by molar-refractivity contribution is 5.80. The molecule has 7 heteroatoms. The number of nitriles is 1. The molecule has 4 rings (SSSR count). The summed E-state index contributed by atoms with van der Waals surface area (Å²) in [4.78, 5) is 16.6. The van der Waals surface area contributed by atoms with Crippen LogP contribution in [0.4, 0.5) is 8.78 Å². The molecule has 1 N–H and O–H groups in total.